The van der Waals surface area contributed by atoms with Gasteiger partial charge in [-0.05, 0) is 48.8 Å². The minimum atomic E-state index is 0.345. The van der Waals surface area contributed by atoms with E-state index in [0.29, 0.717) is 17.9 Å². The van der Waals surface area contributed by atoms with Crippen molar-refractivity contribution < 1.29 is 0 Å². The van der Waals surface area contributed by atoms with Gasteiger partial charge in [0, 0.05) is 6.04 Å². The normalized spacial score (nSPS) is 15.0. The van der Waals surface area contributed by atoms with E-state index in [1.165, 1.54) is 16.7 Å². The predicted octanol–water partition coefficient (Wildman–Crippen LogP) is 2.97. The Labute approximate surface area is 106 Å². The Kier molecular flexibility index (Phi) is 5.16. The molecule has 2 heteroatoms. The maximum Gasteiger partial charge on any atom is 0.0278 e. The summed E-state index contributed by atoms with van der Waals surface area (Å²) < 4.78 is 0. The summed E-state index contributed by atoms with van der Waals surface area (Å²) in [6.07, 6.45) is 0.997. The summed E-state index contributed by atoms with van der Waals surface area (Å²) in [6.45, 7) is 11.1. The molecule has 0 amide bonds. The van der Waals surface area contributed by atoms with Crippen LogP contribution in [-0.2, 0) is 6.42 Å². The highest BCUT2D eigenvalue weighted by Crippen LogP contribution is 2.19. The molecule has 1 aromatic rings. The van der Waals surface area contributed by atoms with Crippen molar-refractivity contribution in [2.24, 2.45) is 17.7 Å². The molecule has 0 radical (unpaired) electrons. The van der Waals surface area contributed by atoms with Crippen molar-refractivity contribution in [1.29, 1.82) is 0 Å². The van der Waals surface area contributed by atoms with E-state index in [4.69, 9.17) is 5.84 Å². The average Bonchev–Trinajstić information content (AvgIpc) is 2.29. The van der Waals surface area contributed by atoms with Crippen LogP contribution in [0.25, 0.3) is 0 Å². The number of nitrogens with two attached hydrogens (primary N) is 1. The Morgan fingerprint density at radius 2 is 1.76 bits per heavy atom. The van der Waals surface area contributed by atoms with E-state index in [1.807, 2.05) is 0 Å². The highest BCUT2D eigenvalue weighted by atomic mass is 15.2. The molecule has 0 aliphatic heterocycles. The van der Waals surface area contributed by atoms with E-state index in [2.05, 4.69) is 58.2 Å². The van der Waals surface area contributed by atoms with E-state index >= 15 is 0 Å². The van der Waals surface area contributed by atoms with Gasteiger partial charge >= 0.3 is 0 Å². The summed E-state index contributed by atoms with van der Waals surface area (Å²) in [5.41, 5.74) is 7.04. The summed E-state index contributed by atoms with van der Waals surface area (Å²) in [6, 6.07) is 7.02. The van der Waals surface area contributed by atoms with Gasteiger partial charge in [0.1, 0.15) is 0 Å². The molecule has 96 valence electrons. The van der Waals surface area contributed by atoms with Crippen LogP contribution >= 0.6 is 0 Å². The number of hydrazine groups is 1. The number of hydrogen-bond acceptors (Lipinski definition) is 2. The SMILES string of the molecule is Cc1ccc(CC(NN)C(C)C(C)C)cc1C. The molecule has 0 spiro atoms. The molecule has 2 atom stereocenters. The zero-order chi connectivity index (χ0) is 13.0. The third-order valence-electron chi connectivity index (χ3n) is 3.93. The van der Waals surface area contributed by atoms with Gasteiger partial charge in [0.2, 0.25) is 0 Å². The maximum absolute atomic E-state index is 5.68. The van der Waals surface area contributed by atoms with Gasteiger partial charge < -0.3 is 0 Å². The second kappa shape index (κ2) is 6.18. The third kappa shape index (κ3) is 3.83. The van der Waals surface area contributed by atoms with Gasteiger partial charge in [-0.1, -0.05) is 39.0 Å². The highest BCUT2D eigenvalue weighted by Gasteiger charge is 2.19. The zero-order valence-corrected chi connectivity index (χ0v) is 11.7. The molecule has 0 aromatic heterocycles. The third-order valence-corrected chi connectivity index (χ3v) is 3.93. The van der Waals surface area contributed by atoms with Gasteiger partial charge in [0.05, 0.1) is 0 Å². The molecule has 2 unspecified atom stereocenters. The molecule has 0 bridgehead atoms. The lowest BCUT2D eigenvalue weighted by Crippen LogP contribution is -2.43. The van der Waals surface area contributed by atoms with Crippen LogP contribution < -0.4 is 11.3 Å². The zero-order valence-electron chi connectivity index (χ0n) is 11.7. The first-order valence-electron chi connectivity index (χ1n) is 6.48. The largest absolute Gasteiger partial charge is 0.271 e. The van der Waals surface area contributed by atoms with Gasteiger partial charge in [-0.15, -0.1) is 0 Å². The molecule has 0 aliphatic rings. The number of benzene rings is 1. The molecule has 1 aromatic carbocycles. The lowest BCUT2D eigenvalue weighted by atomic mass is 9.86. The van der Waals surface area contributed by atoms with Crippen molar-refractivity contribution >= 4 is 0 Å². The average molecular weight is 234 g/mol. The fourth-order valence-electron chi connectivity index (χ4n) is 2.05. The van der Waals surface area contributed by atoms with Crippen molar-refractivity contribution in [3.05, 3.63) is 34.9 Å². The van der Waals surface area contributed by atoms with Crippen molar-refractivity contribution in [1.82, 2.24) is 5.43 Å². The van der Waals surface area contributed by atoms with Crippen LogP contribution in [0.3, 0.4) is 0 Å². The minimum Gasteiger partial charge on any atom is -0.271 e. The first kappa shape index (κ1) is 14.2. The van der Waals surface area contributed by atoms with Crippen LogP contribution in [0.1, 0.15) is 37.5 Å². The lowest BCUT2D eigenvalue weighted by Gasteiger charge is -2.26. The second-order valence-electron chi connectivity index (χ2n) is 5.50. The lowest BCUT2D eigenvalue weighted by molar-refractivity contribution is 0.299. The summed E-state index contributed by atoms with van der Waals surface area (Å²) in [5.74, 6) is 6.89. The number of hydrogen-bond donors (Lipinski definition) is 2. The molecular weight excluding hydrogens is 208 g/mol. The number of aryl methyl sites for hydroxylation is 2. The van der Waals surface area contributed by atoms with Gasteiger partial charge in [-0.3, -0.25) is 11.3 Å². The summed E-state index contributed by atoms with van der Waals surface area (Å²) in [7, 11) is 0. The molecule has 0 saturated carbocycles. The van der Waals surface area contributed by atoms with E-state index in [-0.39, 0.29) is 0 Å². The molecule has 2 nitrogen and oxygen atoms in total. The fraction of sp³-hybridized carbons (Fsp3) is 0.600. The molecule has 17 heavy (non-hydrogen) atoms. The Morgan fingerprint density at radius 1 is 1.12 bits per heavy atom. The number of rotatable bonds is 5. The van der Waals surface area contributed by atoms with Crippen molar-refractivity contribution in [2.75, 3.05) is 0 Å². The molecular formula is C15H26N2. The van der Waals surface area contributed by atoms with Crippen LogP contribution in [0.5, 0.6) is 0 Å². The van der Waals surface area contributed by atoms with Crippen molar-refractivity contribution in [2.45, 2.75) is 47.1 Å². The first-order valence-corrected chi connectivity index (χ1v) is 6.48. The summed E-state index contributed by atoms with van der Waals surface area (Å²) >= 11 is 0. The highest BCUT2D eigenvalue weighted by molar-refractivity contribution is 5.30. The van der Waals surface area contributed by atoms with E-state index in [0.717, 1.165) is 6.42 Å². The van der Waals surface area contributed by atoms with Gasteiger partial charge in [-0.25, -0.2) is 0 Å². The standard InChI is InChI=1S/C15H26N2/c1-10(2)13(5)15(17-16)9-14-7-6-11(3)12(4)8-14/h6-8,10,13,15,17H,9,16H2,1-5H3. The van der Waals surface area contributed by atoms with E-state index in [1.54, 1.807) is 0 Å². The Bertz CT molecular complexity index is 358. The molecule has 1 rings (SSSR count). The Balaban J connectivity index is 2.77. The van der Waals surface area contributed by atoms with E-state index in [9.17, 15) is 0 Å². The van der Waals surface area contributed by atoms with Crippen LogP contribution in [0.2, 0.25) is 0 Å². The first-order chi connectivity index (χ1) is 7.95. The predicted molar refractivity (Wildman–Crippen MR) is 74.7 cm³/mol. The fourth-order valence-corrected chi connectivity index (χ4v) is 2.05. The Morgan fingerprint density at radius 3 is 2.24 bits per heavy atom. The maximum atomic E-state index is 5.68. The summed E-state index contributed by atoms with van der Waals surface area (Å²) in [5, 5.41) is 0. The Hall–Kier alpha value is -0.860. The summed E-state index contributed by atoms with van der Waals surface area (Å²) in [4.78, 5) is 0. The van der Waals surface area contributed by atoms with Crippen molar-refractivity contribution in [3.63, 3.8) is 0 Å². The van der Waals surface area contributed by atoms with Crippen LogP contribution in [-0.4, -0.2) is 6.04 Å². The quantitative estimate of drug-likeness (QED) is 0.607. The molecule has 0 heterocycles. The van der Waals surface area contributed by atoms with Crippen LogP contribution in [0, 0.1) is 25.7 Å². The monoisotopic (exact) mass is 234 g/mol. The van der Waals surface area contributed by atoms with Crippen molar-refractivity contribution in [3.8, 4) is 0 Å². The molecule has 0 aliphatic carbocycles. The smallest absolute Gasteiger partial charge is 0.0278 e. The molecule has 0 fully saturated rings. The minimum absolute atomic E-state index is 0.345. The molecule has 3 N–H and O–H groups in total. The second-order valence-corrected chi connectivity index (χ2v) is 5.50. The van der Waals surface area contributed by atoms with Crippen LogP contribution in [0.15, 0.2) is 18.2 Å². The topological polar surface area (TPSA) is 38.0 Å². The van der Waals surface area contributed by atoms with Gasteiger partial charge in [-0.2, -0.15) is 0 Å². The van der Waals surface area contributed by atoms with Gasteiger partial charge in [0.25, 0.3) is 0 Å². The molecule has 0 saturated heterocycles. The van der Waals surface area contributed by atoms with Crippen LogP contribution in [0.4, 0.5) is 0 Å². The van der Waals surface area contributed by atoms with E-state index < -0.39 is 0 Å². The van der Waals surface area contributed by atoms with Gasteiger partial charge in [0.15, 0.2) is 0 Å². The number of nitrogens with one attached hydrogen (secondary N) is 1.